The van der Waals surface area contributed by atoms with Gasteiger partial charge in [0.05, 0.1) is 0 Å². The zero-order chi connectivity index (χ0) is 11.8. The summed E-state index contributed by atoms with van der Waals surface area (Å²) < 4.78 is 0. The van der Waals surface area contributed by atoms with Gasteiger partial charge in [-0.2, -0.15) is 0 Å². The van der Waals surface area contributed by atoms with Crippen LogP contribution in [-0.2, 0) is 4.79 Å². The Kier molecular flexibility index (Phi) is 5.16. The molecule has 0 spiro atoms. The summed E-state index contributed by atoms with van der Waals surface area (Å²) in [6.07, 6.45) is 4.84. The van der Waals surface area contributed by atoms with E-state index < -0.39 is 0 Å². The number of nitrogens with zero attached hydrogens (tertiary/aromatic N) is 2. The molecule has 3 heteroatoms. The Morgan fingerprint density at radius 2 is 2.00 bits per heavy atom. The number of aliphatic imine (C=N–C) groups is 1. The third-order valence-corrected chi connectivity index (χ3v) is 1.88. The lowest BCUT2D eigenvalue weighted by atomic mass is 10.2. The number of carbonyl (C=O) groups excluding carboxylic acids is 1. The molecule has 0 aliphatic carbocycles. The Labute approximate surface area is 96.1 Å². The Morgan fingerprint density at radius 3 is 2.62 bits per heavy atom. The fourth-order valence-electron chi connectivity index (χ4n) is 1.07. The molecule has 0 aliphatic heterocycles. The van der Waals surface area contributed by atoms with Gasteiger partial charge < -0.3 is 4.90 Å². The molecule has 0 heterocycles. The van der Waals surface area contributed by atoms with E-state index in [4.69, 9.17) is 0 Å². The highest BCUT2D eigenvalue weighted by Crippen LogP contribution is 2.00. The number of amides is 1. The molecule has 1 aromatic carbocycles. The molecule has 3 nitrogen and oxygen atoms in total. The van der Waals surface area contributed by atoms with Gasteiger partial charge in [-0.1, -0.05) is 30.3 Å². The van der Waals surface area contributed by atoms with Gasteiger partial charge in [-0.15, -0.1) is 0 Å². The standard InChI is InChI=1S/C13H16N2O/c1-15(2)11-10-14-13(16)9-8-12-6-4-3-5-7-12/h3-10H,11H2,1-2H3. The molecular formula is C13H16N2O. The molecule has 0 saturated carbocycles. The molecule has 1 amide bonds. The van der Waals surface area contributed by atoms with Crippen molar-refractivity contribution in [2.24, 2.45) is 4.99 Å². The molecule has 0 aliphatic rings. The zero-order valence-electron chi connectivity index (χ0n) is 9.63. The van der Waals surface area contributed by atoms with Gasteiger partial charge in [0.15, 0.2) is 0 Å². The second-order valence-electron chi connectivity index (χ2n) is 3.66. The first kappa shape index (κ1) is 12.3. The van der Waals surface area contributed by atoms with Gasteiger partial charge in [-0.05, 0) is 25.7 Å². The van der Waals surface area contributed by atoms with Crippen molar-refractivity contribution >= 4 is 18.2 Å². The second kappa shape index (κ2) is 6.69. The van der Waals surface area contributed by atoms with Gasteiger partial charge in [0.1, 0.15) is 0 Å². The van der Waals surface area contributed by atoms with Crippen LogP contribution in [0.1, 0.15) is 5.56 Å². The minimum Gasteiger partial charge on any atom is -0.304 e. The molecule has 1 aromatic rings. The SMILES string of the molecule is CN(C)CC=NC(=O)C=Cc1ccccc1. The maximum atomic E-state index is 11.3. The van der Waals surface area contributed by atoms with Crippen molar-refractivity contribution < 1.29 is 4.79 Å². The van der Waals surface area contributed by atoms with E-state index in [2.05, 4.69) is 4.99 Å². The lowest BCUT2D eigenvalue weighted by Crippen LogP contribution is -2.14. The summed E-state index contributed by atoms with van der Waals surface area (Å²) in [5.41, 5.74) is 0.999. The van der Waals surface area contributed by atoms with Crippen molar-refractivity contribution in [3.63, 3.8) is 0 Å². The first-order valence-corrected chi connectivity index (χ1v) is 5.13. The van der Waals surface area contributed by atoms with E-state index in [1.54, 1.807) is 12.3 Å². The molecular weight excluding hydrogens is 200 g/mol. The summed E-state index contributed by atoms with van der Waals surface area (Å²) in [6.45, 7) is 0.672. The van der Waals surface area contributed by atoms with E-state index in [0.717, 1.165) is 5.56 Å². The third kappa shape index (κ3) is 5.22. The smallest absolute Gasteiger partial charge is 0.269 e. The lowest BCUT2D eigenvalue weighted by Gasteiger charge is -2.01. The average molecular weight is 216 g/mol. The van der Waals surface area contributed by atoms with Crippen LogP contribution in [0.2, 0.25) is 0 Å². The van der Waals surface area contributed by atoms with Gasteiger partial charge in [-0.25, -0.2) is 4.99 Å². The highest BCUT2D eigenvalue weighted by molar-refractivity contribution is 5.96. The predicted octanol–water partition coefficient (Wildman–Crippen LogP) is 1.86. The van der Waals surface area contributed by atoms with Crippen LogP contribution in [-0.4, -0.2) is 37.7 Å². The van der Waals surface area contributed by atoms with Gasteiger partial charge >= 0.3 is 0 Å². The Morgan fingerprint density at radius 1 is 1.31 bits per heavy atom. The van der Waals surface area contributed by atoms with Crippen molar-refractivity contribution in [1.82, 2.24) is 4.90 Å². The molecule has 0 unspecified atom stereocenters. The van der Waals surface area contributed by atoms with Crippen LogP contribution in [0.3, 0.4) is 0 Å². The van der Waals surface area contributed by atoms with Crippen LogP contribution in [0.15, 0.2) is 41.4 Å². The van der Waals surface area contributed by atoms with E-state index in [9.17, 15) is 4.79 Å². The fourth-order valence-corrected chi connectivity index (χ4v) is 1.07. The quantitative estimate of drug-likeness (QED) is 0.568. The molecule has 84 valence electrons. The minimum absolute atomic E-state index is 0.231. The topological polar surface area (TPSA) is 32.7 Å². The number of hydrogen-bond acceptors (Lipinski definition) is 2. The molecule has 0 radical (unpaired) electrons. The monoisotopic (exact) mass is 216 g/mol. The Balaban J connectivity index is 2.46. The van der Waals surface area contributed by atoms with E-state index in [-0.39, 0.29) is 5.91 Å². The molecule has 0 fully saturated rings. The van der Waals surface area contributed by atoms with E-state index in [0.29, 0.717) is 6.54 Å². The summed E-state index contributed by atoms with van der Waals surface area (Å²) >= 11 is 0. The molecule has 0 aromatic heterocycles. The number of benzene rings is 1. The second-order valence-corrected chi connectivity index (χ2v) is 3.66. The minimum atomic E-state index is -0.231. The fraction of sp³-hybridized carbons (Fsp3) is 0.231. The van der Waals surface area contributed by atoms with Crippen LogP contribution in [0.5, 0.6) is 0 Å². The number of carbonyl (C=O) groups is 1. The first-order valence-electron chi connectivity index (χ1n) is 5.13. The summed E-state index contributed by atoms with van der Waals surface area (Å²) in [4.78, 5) is 17.0. The molecule has 0 saturated heterocycles. The highest BCUT2D eigenvalue weighted by Gasteiger charge is 1.90. The largest absolute Gasteiger partial charge is 0.304 e. The molecule has 16 heavy (non-hydrogen) atoms. The van der Waals surface area contributed by atoms with Gasteiger partial charge in [0.2, 0.25) is 0 Å². The zero-order valence-corrected chi connectivity index (χ0v) is 9.63. The third-order valence-electron chi connectivity index (χ3n) is 1.88. The highest BCUT2D eigenvalue weighted by atomic mass is 16.1. The number of hydrogen-bond donors (Lipinski definition) is 0. The molecule has 0 N–H and O–H groups in total. The van der Waals surface area contributed by atoms with Crippen molar-refractivity contribution in [3.8, 4) is 0 Å². The molecule has 0 atom stereocenters. The van der Waals surface area contributed by atoms with Gasteiger partial charge in [0.25, 0.3) is 5.91 Å². The van der Waals surface area contributed by atoms with E-state index >= 15 is 0 Å². The van der Waals surface area contributed by atoms with E-state index in [1.807, 2.05) is 49.3 Å². The number of rotatable bonds is 4. The van der Waals surface area contributed by atoms with E-state index in [1.165, 1.54) is 6.08 Å². The van der Waals surface area contributed by atoms with Crippen LogP contribution in [0.4, 0.5) is 0 Å². The summed E-state index contributed by atoms with van der Waals surface area (Å²) in [5, 5.41) is 0. The van der Waals surface area contributed by atoms with Crippen LogP contribution < -0.4 is 0 Å². The van der Waals surface area contributed by atoms with Crippen LogP contribution >= 0.6 is 0 Å². The lowest BCUT2D eigenvalue weighted by molar-refractivity contribution is -0.113. The van der Waals surface area contributed by atoms with Crippen molar-refractivity contribution in [2.75, 3.05) is 20.6 Å². The van der Waals surface area contributed by atoms with Gasteiger partial charge in [0, 0.05) is 18.8 Å². The molecule has 0 bridgehead atoms. The van der Waals surface area contributed by atoms with Crippen LogP contribution in [0, 0.1) is 0 Å². The maximum absolute atomic E-state index is 11.3. The molecule has 1 rings (SSSR count). The summed E-state index contributed by atoms with van der Waals surface area (Å²) in [5.74, 6) is -0.231. The average Bonchev–Trinajstić information content (AvgIpc) is 2.27. The van der Waals surface area contributed by atoms with Crippen molar-refractivity contribution in [2.45, 2.75) is 0 Å². The summed E-state index contributed by atoms with van der Waals surface area (Å²) in [7, 11) is 3.85. The Bertz CT molecular complexity index is 380. The summed E-state index contributed by atoms with van der Waals surface area (Å²) in [6, 6.07) is 9.67. The normalized spacial score (nSPS) is 11.7. The Hall–Kier alpha value is -1.74. The predicted molar refractivity (Wildman–Crippen MR) is 67.5 cm³/mol. The van der Waals surface area contributed by atoms with Crippen LogP contribution in [0.25, 0.3) is 6.08 Å². The maximum Gasteiger partial charge on any atom is 0.269 e. The van der Waals surface area contributed by atoms with Crippen molar-refractivity contribution in [1.29, 1.82) is 0 Å². The first-order chi connectivity index (χ1) is 7.68. The van der Waals surface area contributed by atoms with Gasteiger partial charge in [-0.3, -0.25) is 4.79 Å². The van der Waals surface area contributed by atoms with Crippen molar-refractivity contribution in [3.05, 3.63) is 42.0 Å².